The monoisotopic (exact) mass is 450 g/mol. The molecule has 0 spiro atoms. The summed E-state index contributed by atoms with van der Waals surface area (Å²) in [7, 11) is -3.64. The van der Waals surface area contributed by atoms with Gasteiger partial charge in [0.25, 0.3) is 10.0 Å². The lowest BCUT2D eigenvalue weighted by atomic mass is 10.0. The van der Waals surface area contributed by atoms with Crippen LogP contribution in [0, 0.1) is 0 Å². The Morgan fingerprint density at radius 1 is 1.20 bits per heavy atom. The van der Waals surface area contributed by atoms with Crippen LogP contribution >= 0.6 is 12.4 Å². The number of piperazine rings is 1. The van der Waals surface area contributed by atoms with Crippen molar-refractivity contribution in [2.75, 3.05) is 35.8 Å². The number of sulfonamides is 1. The molecular weight excluding hydrogens is 420 g/mol. The first-order valence-electron chi connectivity index (χ1n) is 9.99. The van der Waals surface area contributed by atoms with E-state index in [0.717, 1.165) is 37.6 Å². The van der Waals surface area contributed by atoms with Gasteiger partial charge in [0.1, 0.15) is 5.82 Å². The Balaban J connectivity index is 0.00000320. The zero-order valence-corrected chi connectivity index (χ0v) is 19.4. The van der Waals surface area contributed by atoms with Crippen molar-refractivity contribution in [3.8, 4) is 0 Å². The molecule has 0 amide bonds. The number of rotatable bonds is 7. The van der Waals surface area contributed by atoms with Crippen LogP contribution < -0.4 is 9.62 Å². The van der Waals surface area contributed by atoms with Gasteiger partial charge in [0.2, 0.25) is 0 Å². The minimum Gasteiger partial charge on any atom is -0.354 e. The maximum Gasteiger partial charge on any atom is 0.261 e. The van der Waals surface area contributed by atoms with E-state index in [1.165, 1.54) is 0 Å². The first-order chi connectivity index (χ1) is 13.8. The maximum absolute atomic E-state index is 12.6. The highest BCUT2D eigenvalue weighted by Gasteiger charge is 2.23. The zero-order chi connectivity index (χ0) is 21.0. The number of benzene rings is 1. The van der Waals surface area contributed by atoms with Gasteiger partial charge >= 0.3 is 0 Å². The Kier molecular flexibility index (Phi) is 8.29. The summed E-state index contributed by atoms with van der Waals surface area (Å²) in [6.45, 7) is 13.8. The molecule has 8 heteroatoms. The van der Waals surface area contributed by atoms with Crippen molar-refractivity contribution in [2.45, 2.75) is 37.6 Å². The highest BCUT2D eigenvalue weighted by Crippen LogP contribution is 2.22. The average molecular weight is 451 g/mol. The van der Waals surface area contributed by atoms with E-state index in [4.69, 9.17) is 0 Å². The van der Waals surface area contributed by atoms with Crippen molar-refractivity contribution in [1.82, 2.24) is 9.88 Å². The van der Waals surface area contributed by atoms with Gasteiger partial charge < -0.3 is 4.90 Å². The van der Waals surface area contributed by atoms with Crippen LogP contribution in [0.3, 0.4) is 0 Å². The number of pyridine rings is 1. The predicted molar refractivity (Wildman–Crippen MR) is 126 cm³/mol. The van der Waals surface area contributed by atoms with E-state index in [1.54, 1.807) is 24.4 Å². The summed E-state index contributed by atoms with van der Waals surface area (Å²) in [6.07, 6.45) is 3.51. The molecule has 1 aliphatic heterocycles. The SMILES string of the molecule is C=CCN1CCN(c2ccc(NS(=O)(=O)c3ccc(C(C)C)cc3)cn2)CC1C.Cl. The molecule has 30 heavy (non-hydrogen) atoms. The highest BCUT2D eigenvalue weighted by atomic mass is 35.5. The number of anilines is 2. The van der Waals surface area contributed by atoms with Crippen molar-refractivity contribution in [2.24, 2.45) is 0 Å². The van der Waals surface area contributed by atoms with E-state index in [9.17, 15) is 8.42 Å². The number of hydrogen-bond acceptors (Lipinski definition) is 5. The highest BCUT2D eigenvalue weighted by molar-refractivity contribution is 7.92. The summed E-state index contributed by atoms with van der Waals surface area (Å²) in [4.78, 5) is 9.35. The first kappa shape index (κ1) is 24.2. The van der Waals surface area contributed by atoms with E-state index in [0.29, 0.717) is 17.6 Å². The van der Waals surface area contributed by atoms with E-state index in [1.807, 2.05) is 24.3 Å². The summed E-state index contributed by atoms with van der Waals surface area (Å²) >= 11 is 0. The molecule has 1 atom stereocenters. The number of nitrogens with one attached hydrogen (secondary N) is 1. The number of aromatic nitrogens is 1. The smallest absolute Gasteiger partial charge is 0.261 e. The summed E-state index contributed by atoms with van der Waals surface area (Å²) in [5.74, 6) is 1.22. The van der Waals surface area contributed by atoms with Gasteiger partial charge in [-0.25, -0.2) is 13.4 Å². The Hall–Kier alpha value is -2.09. The third-order valence-corrected chi connectivity index (χ3v) is 6.71. The molecule has 1 N–H and O–H groups in total. The van der Waals surface area contributed by atoms with Gasteiger partial charge in [-0.2, -0.15) is 0 Å². The maximum atomic E-state index is 12.6. The molecule has 1 saturated heterocycles. The second-order valence-electron chi connectivity index (χ2n) is 7.81. The lowest BCUT2D eigenvalue weighted by Crippen LogP contribution is -2.52. The molecule has 1 aromatic carbocycles. The fraction of sp³-hybridized carbons (Fsp3) is 0.409. The van der Waals surface area contributed by atoms with E-state index < -0.39 is 10.0 Å². The first-order valence-corrected chi connectivity index (χ1v) is 11.5. The predicted octanol–water partition coefficient (Wildman–Crippen LogP) is 4.12. The van der Waals surface area contributed by atoms with E-state index in [2.05, 4.69) is 46.9 Å². The molecule has 1 unspecified atom stereocenters. The molecule has 2 aromatic rings. The second kappa shape index (κ2) is 10.3. The molecular formula is C22H31ClN4O2S. The van der Waals surface area contributed by atoms with Crippen LogP contribution in [0.2, 0.25) is 0 Å². The van der Waals surface area contributed by atoms with Crippen LogP contribution in [0.5, 0.6) is 0 Å². The molecule has 164 valence electrons. The van der Waals surface area contributed by atoms with Gasteiger partial charge in [-0.1, -0.05) is 32.1 Å². The Morgan fingerprint density at radius 2 is 1.90 bits per heavy atom. The van der Waals surface area contributed by atoms with Crippen molar-refractivity contribution in [3.63, 3.8) is 0 Å². The summed E-state index contributed by atoms with van der Waals surface area (Å²) in [6, 6.07) is 11.0. The average Bonchev–Trinajstić information content (AvgIpc) is 2.70. The van der Waals surface area contributed by atoms with Crippen molar-refractivity contribution in [3.05, 3.63) is 60.8 Å². The molecule has 0 radical (unpaired) electrons. The molecule has 2 heterocycles. The van der Waals surface area contributed by atoms with Crippen molar-refractivity contribution in [1.29, 1.82) is 0 Å². The van der Waals surface area contributed by atoms with Gasteiger partial charge in [-0.05, 0) is 42.7 Å². The molecule has 1 aliphatic rings. The molecule has 0 aliphatic carbocycles. The second-order valence-corrected chi connectivity index (χ2v) is 9.50. The summed E-state index contributed by atoms with van der Waals surface area (Å²) < 4.78 is 27.9. The Labute approximate surface area is 186 Å². The minimum atomic E-state index is -3.64. The van der Waals surface area contributed by atoms with Crippen LogP contribution in [0.25, 0.3) is 0 Å². The third kappa shape index (κ3) is 5.74. The van der Waals surface area contributed by atoms with Gasteiger partial charge in [0.05, 0.1) is 16.8 Å². The van der Waals surface area contributed by atoms with Crippen molar-refractivity contribution < 1.29 is 8.42 Å². The molecule has 1 fully saturated rings. The standard InChI is InChI=1S/C22H30N4O2S.ClH/c1-5-12-25-13-14-26(16-18(25)4)22-11-8-20(15-23-22)24-29(27,28)21-9-6-19(7-10-21)17(2)3;/h5-11,15,17-18,24H,1,12-14,16H2,2-4H3;1H. The van der Waals surface area contributed by atoms with Gasteiger partial charge in [-0.15, -0.1) is 19.0 Å². The Bertz CT molecular complexity index is 931. The summed E-state index contributed by atoms with van der Waals surface area (Å²) in [5.41, 5.74) is 1.57. The van der Waals surface area contributed by atoms with Crippen LogP contribution in [-0.4, -0.2) is 50.5 Å². The molecule has 0 bridgehead atoms. The zero-order valence-electron chi connectivity index (χ0n) is 17.8. The van der Waals surface area contributed by atoms with Crippen LogP contribution in [-0.2, 0) is 10.0 Å². The number of nitrogens with zero attached hydrogens (tertiary/aromatic N) is 3. The quantitative estimate of drug-likeness (QED) is 0.642. The molecule has 3 rings (SSSR count). The topological polar surface area (TPSA) is 65.5 Å². The van der Waals surface area contributed by atoms with Gasteiger partial charge in [0, 0.05) is 32.2 Å². The largest absolute Gasteiger partial charge is 0.354 e. The molecule has 1 aromatic heterocycles. The van der Waals surface area contributed by atoms with Crippen LogP contribution in [0.15, 0.2) is 60.1 Å². The Morgan fingerprint density at radius 3 is 2.43 bits per heavy atom. The van der Waals surface area contributed by atoms with E-state index >= 15 is 0 Å². The van der Waals surface area contributed by atoms with Gasteiger partial charge in [-0.3, -0.25) is 9.62 Å². The van der Waals surface area contributed by atoms with E-state index in [-0.39, 0.29) is 17.3 Å². The number of halogens is 1. The van der Waals surface area contributed by atoms with Crippen LogP contribution in [0.1, 0.15) is 32.3 Å². The minimum absolute atomic E-state index is 0. The fourth-order valence-corrected chi connectivity index (χ4v) is 4.56. The van der Waals surface area contributed by atoms with Crippen molar-refractivity contribution >= 4 is 33.9 Å². The third-order valence-electron chi connectivity index (χ3n) is 5.31. The lowest BCUT2D eigenvalue weighted by Gasteiger charge is -2.40. The summed E-state index contributed by atoms with van der Waals surface area (Å²) in [5, 5.41) is 0. The number of hydrogen-bond donors (Lipinski definition) is 1. The van der Waals surface area contributed by atoms with Gasteiger partial charge in [0.15, 0.2) is 0 Å². The van der Waals surface area contributed by atoms with Crippen LogP contribution in [0.4, 0.5) is 11.5 Å². The molecule has 6 nitrogen and oxygen atoms in total. The normalized spacial score (nSPS) is 17.5. The molecule has 0 saturated carbocycles. The lowest BCUT2D eigenvalue weighted by molar-refractivity contribution is 0.209. The fourth-order valence-electron chi connectivity index (χ4n) is 3.52.